The molecule has 0 atom stereocenters. The van der Waals surface area contributed by atoms with Gasteiger partial charge in [-0.1, -0.05) is 22.9 Å². The maximum atomic E-state index is 12.9. The zero-order chi connectivity index (χ0) is 29.4. The Bertz CT molecular complexity index is 1610. The first-order chi connectivity index (χ1) is 18.6. The van der Waals surface area contributed by atoms with Gasteiger partial charge in [0.15, 0.2) is 5.13 Å². The zero-order valence-electron chi connectivity index (χ0n) is 23.2. The SMILES string of the molecule is CN(CCn1c(Nc2nc3ccc(Cl)cc3s2)nc2cc(C(=O)NC(C)(C)C(N)=O)ccc21)C(=O)OC(C)(C)C. The van der Waals surface area contributed by atoms with Crippen molar-refractivity contribution < 1.29 is 19.1 Å². The van der Waals surface area contributed by atoms with E-state index in [0.29, 0.717) is 40.3 Å². The molecule has 0 aliphatic rings. The highest BCUT2D eigenvalue weighted by atomic mass is 35.5. The van der Waals surface area contributed by atoms with Crippen LogP contribution in [-0.2, 0) is 16.1 Å². The largest absolute Gasteiger partial charge is 0.444 e. The Kier molecular flexibility index (Phi) is 7.95. The van der Waals surface area contributed by atoms with Crippen LogP contribution >= 0.6 is 22.9 Å². The second-order valence-corrected chi connectivity index (χ2v) is 12.4. The van der Waals surface area contributed by atoms with Crippen molar-refractivity contribution in [1.82, 2.24) is 24.8 Å². The van der Waals surface area contributed by atoms with E-state index >= 15 is 0 Å². The van der Waals surface area contributed by atoms with E-state index in [0.717, 1.165) is 15.7 Å². The zero-order valence-corrected chi connectivity index (χ0v) is 24.7. The first kappa shape index (κ1) is 29.1. The Balaban J connectivity index is 1.67. The summed E-state index contributed by atoms with van der Waals surface area (Å²) in [6.07, 6.45) is -0.439. The summed E-state index contributed by atoms with van der Waals surface area (Å²) >= 11 is 7.57. The number of carbonyl (C=O) groups is 3. The molecule has 0 radical (unpaired) electrons. The van der Waals surface area contributed by atoms with E-state index in [2.05, 4.69) is 15.6 Å². The second kappa shape index (κ2) is 10.9. The highest BCUT2D eigenvalue weighted by Gasteiger charge is 2.28. The van der Waals surface area contributed by atoms with E-state index in [1.807, 2.05) is 37.5 Å². The monoisotopic (exact) mass is 585 g/mol. The van der Waals surface area contributed by atoms with E-state index in [9.17, 15) is 14.4 Å². The molecule has 2 aromatic carbocycles. The Hall–Kier alpha value is -3.90. The third kappa shape index (κ3) is 6.62. The van der Waals surface area contributed by atoms with Crippen LogP contribution in [0.1, 0.15) is 45.0 Å². The van der Waals surface area contributed by atoms with Gasteiger partial charge in [-0.15, -0.1) is 0 Å². The number of nitrogens with two attached hydrogens (primary N) is 1. The van der Waals surface area contributed by atoms with Gasteiger partial charge in [0.05, 0.1) is 21.3 Å². The number of hydrogen-bond acceptors (Lipinski definition) is 8. The number of likely N-dealkylation sites (N-methyl/N-ethyl adjacent to an activating group) is 1. The van der Waals surface area contributed by atoms with Gasteiger partial charge in [0.25, 0.3) is 5.91 Å². The molecule has 0 fully saturated rings. The minimum absolute atomic E-state index is 0.318. The maximum absolute atomic E-state index is 12.9. The topological polar surface area (TPSA) is 144 Å². The van der Waals surface area contributed by atoms with Crippen LogP contribution in [-0.4, -0.2) is 62.1 Å². The van der Waals surface area contributed by atoms with Crippen molar-refractivity contribution >= 4 is 73.2 Å². The van der Waals surface area contributed by atoms with Gasteiger partial charge in [-0.05, 0) is 71.0 Å². The average molecular weight is 586 g/mol. The van der Waals surface area contributed by atoms with Crippen LogP contribution < -0.4 is 16.4 Å². The number of thiazole rings is 1. The summed E-state index contributed by atoms with van der Waals surface area (Å²) in [5.74, 6) is -0.626. The lowest BCUT2D eigenvalue weighted by atomic mass is 10.0. The number of imidazole rings is 1. The highest BCUT2D eigenvalue weighted by molar-refractivity contribution is 7.22. The number of ether oxygens (including phenoxy) is 1. The minimum atomic E-state index is -1.22. The van der Waals surface area contributed by atoms with E-state index < -0.39 is 29.0 Å². The van der Waals surface area contributed by atoms with Crippen LogP contribution in [0.25, 0.3) is 21.3 Å². The Morgan fingerprint density at radius 2 is 1.80 bits per heavy atom. The van der Waals surface area contributed by atoms with Gasteiger partial charge in [-0.3, -0.25) is 9.59 Å². The standard InChI is InChI=1S/C27H32ClN7O4S/c1-26(2,3)39-25(38)34(6)11-12-35-19-10-7-15(21(36)33-27(4,5)22(29)37)13-18(19)30-23(35)32-24-31-17-9-8-16(28)14-20(17)40-24/h7-10,13-14H,11-12H2,1-6H3,(H2,29,37)(H,33,36)(H,30,31,32). The fourth-order valence-electron chi connectivity index (χ4n) is 3.74. The smallest absolute Gasteiger partial charge is 0.410 e. The molecule has 212 valence electrons. The minimum Gasteiger partial charge on any atom is -0.444 e. The Labute approximate surface area is 240 Å². The van der Waals surface area contributed by atoms with E-state index in [4.69, 9.17) is 27.1 Å². The van der Waals surface area contributed by atoms with E-state index in [1.54, 1.807) is 31.3 Å². The van der Waals surface area contributed by atoms with Crippen LogP contribution in [0.3, 0.4) is 0 Å². The van der Waals surface area contributed by atoms with Crippen LogP contribution in [0.15, 0.2) is 36.4 Å². The third-order valence-electron chi connectivity index (χ3n) is 5.99. The first-order valence-electron chi connectivity index (χ1n) is 12.5. The van der Waals surface area contributed by atoms with Crippen molar-refractivity contribution in [2.75, 3.05) is 18.9 Å². The van der Waals surface area contributed by atoms with Crippen LogP contribution in [0.5, 0.6) is 0 Å². The van der Waals surface area contributed by atoms with Crippen molar-refractivity contribution in [3.05, 3.63) is 47.0 Å². The van der Waals surface area contributed by atoms with Crippen molar-refractivity contribution in [3.63, 3.8) is 0 Å². The van der Waals surface area contributed by atoms with Crippen molar-refractivity contribution in [3.8, 4) is 0 Å². The van der Waals surface area contributed by atoms with E-state index in [1.165, 1.54) is 30.1 Å². The summed E-state index contributed by atoms with van der Waals surface area (Å²) in [7, 11) is 1.67. The lowest BCUT2D eigenvalue weighted by Crippen LogP contribution is -2.52. The molecule has 4 rings (SSSR count). The molecule has 40 heavy (non-hydrogen) atoms. The fourth-order valence-corrected chi connectivity index (χ4v) is 4.87. The molecule has 2 heterocycles. The number of primary amides is 1. The molecule has 4 aromatic rings. The van der Waals surface area contributed by atoms with Crippen LogP contribution in [0.4, 0.5) is 15.9 Å². The molecule has 4 N–H and O–H groups in total. The molecule has 2 aromatic heterocycles. The highest BCUT2D eigenvalue weighted by Crippen LogP contribution is 2.31. The number of rotatable bonds is 8. The number of hydrogen-bond donors (Lipinski definition) is 3. The predicted molar refractivity (Wildman–Crippen MR) is 157 cm³/mol. The molecule has 0 saturated heterocycles. The molecule has 13 heteroatoms. The van der Waals surface area contributed by atoms with Crippen molar-refractivity contribution in [2.45, 2.75) is 52.3 Å². The van der Waals surface area contributed by atoms with Gasteiger partial charge in [-0.2, -0.15) is 0 Å². The number of nitrogens with one attached hydrogen (secondary N) is 2. The fraction of sp³-hybridized carbons (Fsp3) is 0.370. The number of fused-ring (bicyclic) bond motifs is 2. The van der Waals surface area contributed by atoms with Gasteiger partial charge < -0.3 is 30.6 Å². The molecular weight excluding hydrogens is 554 g/mol. The van der Waals surface area contributed by atoms with Gasteiger partial charge in [0, 0.05) is 30.7 Å². The summed E-state index contributed by atoms with van der Waals surface area (Å²) in [5, 5.41) is 7.15. The predicted octanol–water partition coefficient (Wildman–Crippen LogP) is 4.90. The quantitative estimate of drug-likeness (QED) is 0.266. The summed E-state index contributed by atoms with van der Waals surface area (Å²) in [6.45, 7) is 9.23. The Morgan fingerprint density at radius 3 is 2.48 bits per heavy atom. The summed E-state index contributed by atoms with van der Waals surface area (Å²) < 4.78 is 8.30. The molecule has 0 aliphatic carbocycles. The van der Waals surface area contributed by atoms with Gasteiger partial charge >= 0.3 is 6.09 Å². The number of amides is 3. The molecule has 0 spiro atoms. The third-order valence-corrected chi connectivity index (χ3v) is 7.15. The normalized spacial score (nSPS) is 12.0. The number of nitrogens with zero attached hydrogens (tertiary/aromatic N) is 4. The van der Waals surface area contributed by atoms with Gasteiger partial charge in [0.2, 0.25) is 11.9 Å². The molecule has 0 aliphatic heterocycles. The Morgan fingerprint density at radius 1 is 1.07 bits per heavy atom. The molecular formula is C27H32ClN7O4S. The second-order valence-electron chi connectivity index (χ2n) is 10.9. The van der Waals surface area contributed by atoms with Crippen molar-refractivity contribution in [1.29, 1.82) is 0 Å². The summed E-state index contributed by atoms with van der Waals surface area (Å²) in [4.78, 5) is 48.0. The van der Waals surface area contributed by atoms with Crippen LogP contribution in [0, 0.1) is 0 Å². The molecule has 0 unspecified atom stereocenters. The van der Waals surface area contributed by atoms with Crippen molar-refractivity contribution in [2.24, 2.45) is 5.73 Å². The number of halogens is 1. The summed E-state index contributed by atoms with van der Waals surface area (Å²) in [5.41, 5.74) is 5.95. The molecule has 0 saturated carbocycles. The molecule has 3 amide bonds. The summed E-state index contributed by atoms with van der Waals surface area (Å²) in [6, 6.07) is 10.5. The first-order valence-corrected chi connectivity index (χ1v) is 13.7. The number of benzene rings is 2. The number of anilines is 2. The van der Waals surface area contributed by atoms with E-state index in [-0.39, 0.29) is 0 Å². The van der Waals surface area contributed by atoms with Crippen LogP contribution in [0.2, 0.25) is 5.02 Å². The average Bonchev–Trinajstić information content (AvgIpc) is 3.40. The molecule has 11 nitrogen and oxygen atoms in total. The lowest BCUT2D eigenvalue weighted by molar-refractivity contribution is -0.122. The number of aromatic nitrogens is 3. The number of carbonyl (C=O) groups excluding carboxylic acids is 3. The maximum Gasteiger partial charge on any atom is 0.410 e. The lowest BCUT2D eigenvalue weighted by Gasteiger charge is -2.25. The van der Waals surface area contributed by atoms with Gasteiger partial charge in [-0.25, -0.2) is 14.8 Å². The van der Waals surface area contributed by atoms with Gasteiger partial charge in [0.1, 0.15) is 11.1 Å². The molecule has 0 bridgehead atoms.